The maximum Gasteiger partial charge on any atom is 0.163 e. The van der Waals surface area contributed by atoms with E-state index in [1.807, 2.05) is 6.08 Å². The Kier molecular flexibility index (Phi) is 8.61. The van der Waals surface area contributed by atoms with Crippen LogP contribution in [-0.4, -0.2) is 31.1 Å². The van der Waals surface area contributed by atoms with Crippen molar-refractivity contribution >= 4 is 12.4 Å². The van der Waals surface area contributed by atoms with Crippen molar-refractivity contribution < 1.29 is 8.78 Å². The van der Waals surface area contributed by atoms with Crippen LogP contribution < -0.4 is 5.32 Å². The van der Waals surface area contributed by atoms with Crippen LogP contribution in [0.1, 0.15) is 37.3 Å². The summed E-state index contributed by atoms with van der Waals surface area (Å²) < 4.78 is 27.7. The Morgan fingerprint density at radius 1 is 1.23 bits per heavy atom. The second kappa shape index (κ2) is 9.93. The number of unbranched alkanes of at least 4 members (excludes halogenated alkanes) is 2. The molecule has 0 aliphatic carbocycles. The Bertz CT molecular complexity index is 462. The topological polar surface area (TPSA) is 15.3 Å². The lowest BCUT2D eigenvalue weighted by Crippen LogP contribution is -2.45. The molecule has 0 bridgehead atoms. The number of hydrogen-bond acceptors (Lipinski definition) is 2. The standard InChI is InChI=1S/C17H24F2N2.ClH/c1-2-3-4-5-9-16(21-12-10-20-11-13-21)14-7-6-8-15(18)17(14)19;/h2,6-8,16,20H,1,3-5,9-13H2;1H/t16-;/m0./s1. The van der Waals surface area contributed by atoms with E-state index in [-0.39, 0.29) is 18.4 Å². The molecule has 1 aliphatic heterocycles. The summed E-state index contributed by atoms with van der Waals surface area (Å²) in [6.07, 6.45) is 5.77. The smallest absolute Gasteiger partial charge is 0.163 e. The number of nitrogens with one attached hydrogen (secondary N) is 1. The molecule has 1 aromatic rings. The molecule has 1 N–H and O–H groups in total. The van der Waals surface area contributed by atoms with E-state index in [0.717, 1.165) is 51.9 Å². The molecule has 0 unspecified atom stereocenters. The summed E-state index contributed by atoms with van der Waals surface area (Å²) in [6.45, 7) is 7.28. The monoisotopic (exact) mass is 330 g/mol. The van der Waals surface area contributed by atoms with Crippen molar-refractivity contribution in [1.29, 1.82) is 0 Å². The van der Waals surface area contributed by atoms with Gasteiger partial charge in [-0.25, -0.2) is 8.78 Å². The van der Waals surface area contributed by atoms with Gasteiger partial charge in [0, 0.05) is 37.8 Å². The average molecular weight is 331 g/mol. The van der Waals surface area contributed by atoms with E-state index in [0.29, 0.717) is 5.56 Å². The summed E-state index contributed by atoms with van der Waals surface area (Å²) in [4.78, 5) is 2.27. The van der Waals surface area contributed by atoms with Crippen molar-refractivity contribution in [2.45, 2.75) is 31.7 Å². The minimum absolute atomic E-state index is 0. The first-order valence-corrected chi connectivity index (χ1v) is 7.73. The van der Waals surface area contributed by atoms with Gasteiger partial charge in [0.05, 0.1) is 0 Å². The van der Waals surface area contributed by atoms with Gasteiger partial charge in [0.25, 0.3) is 0 Å². The minimum Gasteiger partial charge on any atom is -0.314 e. The number of piperazine rings is 1. The molecule has 1 aliphatic rings. The molecule has 0 spiro atoms. The molecule has 1 fully saturated rings. The molecule has 0 amide bonds. The summed E-state index contributed by atoms with van der Waals surface area (Å²) in [6, 6.07) is 4.48. The fraction of sp³-hybridized carbons (Fsp3) is 0.529. The normalized spacial score (nSPS) is 16.8. The van der Waals surface area contributed by atoms with Gasteiger partial charge < -0.3 is 5.32 Å². The Labute approximate surface area is 138 Å². The molecule has 22 heavy (non-hydrogen) atoms. The van der Waals surface area contributed by atoms with E-state index in [1.54, 1.807) is 12.1 Å². The highest BCUT2D eigenvalue weighted by atomic mass is 35.5. The third kappa shape index (κ3) is 5.04. The first-order chi connectivity index (χ1) is 10.2. The van der Waals surface area contributed by atoms with Gasteiger partial charge in [-0.1, -0.05) is 24.6 Å². The summed E-state index contributed by atoms with van der Waals surface area (Å²) in [5, 5.41) is 3.30. The van der Waals surface area contributed by atoms with Crippen molar-refractivity contribution in [2.75, 3.05) is 26.2 Å². The Morgan fingerprint density at radius 2 is 1.95 bits per heavy atom. The van der Waals surface area contributed by atoms with Gasteiger partial charge in [0.2, 0.25) is 0 Å². The van der Waals surface area contributed by atoms with Gasteiger partial charge in [0.1, 0.15) is 0 Å². The zero-order chi connectivity index (χ0) is 15.1. The van der Waals surface area contributed by atoms with Gasteiger partial charge in [-0.2, -0.15) is 0 Å². The van der Waals surface area contributed by atoms with Gasteiger partial charge >= 0.3 is 0 Å². The molecular weight excluding hydrogens is 306 g/mol. The number of allylic oxidation sites excluding steroid dienone is 1. The average Bonchev–Trinajstić information content (AvgIpc) is 2.52. The van der Waals surface area contributed by atoms with Gasteiger partial charge in [-0.05, 0) is 25.3 Å². The first-order valence-electron chi connectivity index (χ1n) is 7.73. The Balaban J connectivity index is 0.00000242. The predicted octanol–water partition coefficient (Wildman–Crippen LogP) is 4.08. The predicted molar refractivity (Wildman–Crippen MR) is 89.5 cm³/mol. The summed E-state index contributed by atoms with van der Waals surface area (Å²) in [7, 11) is 0. The number of rotatable bonds is 7. The number of halogens is 3. The minimum atomic E-state index is -0.751. The molecule has 1 aromatic carbocycles. The van der Waals surface area contributed by atoms with Crippen molar-refractivity contribution in [2.24, 2.45) is 0 Å². The molecular formula is C17H25ClF2N2. The Morgan fingerprint density at radius 3 is 2.64 bits per heavy atom. The summed E-state index contributed by atoms with van der Waals surface area (Å²) in [5.74, 6) is -1.44. The van der Waals surface area contributed by atoms with E-state index in [4.69, 9.17) is 0 Å². The van der Waals surface area contributed by atoms with Gasteiger partial charge in [-0.3, -0.25) is 4.90 Å². The van der Waals surface area contributed by atoms with Crippen LogP contribution in [0.4, 0.5) is 8.78 Å². The van der Waals surface area contributed by atoms with Crippen LogP contribution in [0.3, 0.4) is 0 Å². The third-order valence-corrected chi connectivity index (χ3v) is 4.07. The maximum atomic E-state index is 14.1. The quantitative estimate of drug-likeness (QED) is 0.598. The van der Waals surface area contributed by atoms with E-state index in [1.165, 1.54) is 6.07 Å². The number of nitrogens with zero attached hydrogens (tertiary/aromatic N) is 1. The van der Waals surface area contributed by atoms with Crippen LogP contribution in [0.25, 0.3) is 0 Å². The van der Waals surface area contributed by atoms with Crippen LogP contribution in [0.2, 0.25) is 0 Å². The van der Waals surface area contributed by atoms with Crippen molar-refractivity contribution in [3.63, 3.8) is 0 Å². The molecule has 2 rings (SSSR count). The van der Waals surface area contributed by atoms with Crippen molar-refractivity contribution in [3.05, 3.63) is 48.1 Å². The number of hydrogen-bond donors (Lipinski definition) is 1. The van der Waals surface area contributed by atoms with Crippen LogP contribution in [0.5, 0.6) is 0 Å². The molecule has 0 saturated carbocycles. The van der Waals surface area contributed by atoms with Gasteiger partial charge in [-0.15, -0.1) is 19.0 Å². The lowest BCUT2D eigenvalue weighted by molar-refractivity contribution is 0.159. The third-order valence-electron chi connectivity index (χ3n) is 4.07. The lowest BCUT2D eigenvalue weighted by atomic mass is 9.97. The summed E-state index contributed by atoms with van der Waals surface area (Å²) >= 11 is 0. The second-order valence-corrected chi connectivity index (χ2v) is 5.52. The van der Waals surface area contributed by atoms with E-state index >= 15 is 0 Å². The zero-order valence-corrected chi connectivity index (χ0v) is 13.7. The zero-order valence-electron chi connectivity index (χ0n) is 12.9. The fourth-order valence-corrected chi connectivity index (χ4v) is 2.93. The molecule has 1 atom stereocenters. The fourth-order valence-electron chi connectivity index (χ4n) is 2.93. The summed E-state index contributed by atoms with van der Waals surface area (Å²) in [5.41, 5.74) is 0.496. The van der Waals surface area contributed by atoms with Crippen molar-refractivity contribution in [3.8, 4) is 0 Å². The highest BCUT2D eigenvalue weighted by Crippen LogP contribution is 2.30. The maximum absolute atomic E-state index is 14.1. The molecule has 124 valence electrons. The second-order valence-electron chi connectivity index (χ2n) is 5.52. The van der Waals surface area contributed by atoms with Gasteiger partial charge in [0.15, 0.2) is 11.6 Å². The van der Waals surface area contributed by atoms with E-state index < -0.39 is 11.6 Å². The molecule has 1 saturated heterocycles. The van der Waals surface area contributed by atoms with E-state index in [9.17, 15) is 8.78 Å². The lowest BCUT2D eigenvalue weighted by Gasteiger charge is -2.35. The molecule has 1 heterocycles. The number of benzene rings is 1. The molecule has 0 aromatic heterocycles. The largest absolute Gasteiger partial charge is 0.314 e. The first kappa shape index (κ1) is 19.1. The molecule has 5 heteroatoms. The van der Waals surface area contributed by atoms with Crippen LogP contribution in [-0.2, 0) is 0 Å². The SMILES string of the molecule is C=CCCCC[C@@H](c1cccc(F)c1F)N1CCNCC1.Cl. The van der Waals surface area contributed by atoms with Crippen molar-refractivity contribution in [1.82, 2.24) is 10.2 Å². The van der Waals surface area contributed by atoms with Crippen LogP contribution >= 0.6 is 12.4 Å². The highest BCUT2D eigenvalue weighted by Gasteiger charge is 2.25. The Hall–Kier alpha value is -0.970. The molecule has 2 nitrogen and oxygen atoms in total. The highest BCUT2D eigenvalue weighted by molar-refractivity contribution is 5.85. The van der Waals surface area contributed by atoms with Crippen LogP contribution in [0, 0.1) is 11.6 Å². The molecule has 0 radical (unpaired) electrons. The van der Waals surface area contributed by atoms with Crippen LogP contribution in [0.15, 0.2) is 30.9 Å². The van der Waals surface area contributed by atoms with E-state index in [2.05, 4.69) is 16.8 Å².